The van der Waals surface area contributed by atoms with Crippen molar-refractivity contribution in [1.29, 1.82) is 0 Å². The average molecular weight is 138 g/mol. The molecule has 10 heavy (non-hydrogen) atoms. The summed E-state index contributed by atoms with van der Waals surface area (Å²) in [7, 11) is 6.82. The van der Waals surface area contributed by atoms with Gasteiger partial charge in [-0.2, -0.15) is 0 Å². The standard InChI is InChI=1S/C5H7BN2O2/c1-7-3-2(6)4(9)8-5(3)10/h2,4,9H,1H3,(H,8,10). The highest BCUT2D eigenvalue weighted by atomic mass is 16.3. The van der Waals surface area contributed by atoms with Gasteiger partial charge in [0.15, 0.2) is 0 Å². The summed E-state index contributed by atoms with van der Waals surface area (Å²) in [5.41, 5.74) is 0.201. The van der Waals surface area contributed by atoms with E-state index in [9.17, 15) is 4.79 Å². The second-order valence-corrected chi connectivity index (χ2v) is 2.05. The second kappa shape index (κ2) is 2.42. The molecule has 1 saturated heterocycles. The van der Waals surface area contributed by atoms with Gasteiger partial charge in [-0.05, 0) is 0 Å². The number of rotatable bonds is 0. The maximum absolute atomic E-state index is 10.7. The van der Waals surface area contributed by atoms with Gasteiger partial charge >= 0.3 is 0 Å². The highest BCUT2D eigenvalue weighted by Gasteiger charge is 2.32. The zero-order valence-electron chi connectivity index (χ0n) is 5.53. The number of carbonyl (C=O) groups is 1. The molecule has 4 nitrogen and oxygen atoms in total. The first kappa shape index (κ1) is 7.27. The highest BCUT2D eigenvalue weighted by molar-refractivity contribution is 6.51. The lowest BCUT2D eigenvalue weighted by Gasteiger charge is -2.04. The Labute approximate surface area is 59.7 Å². The van der Waals surface area contributed by atoms with Crippen LogP contribution in [0.2, 0.25) is 5.82 Å². The van der Waals surface area contributed by atoms with Gasteiger partial charge in [0.05, 0.1) is 13.6 Å². The number of aliphatic hydroxyl groups excluding tert-OH is 1. The van der Waals surface area contributed by atoms with Crippen LogP contribution in [0.15, 0.2) is 4.99 Å². The molecule has 0 bridgehead atoms. The summed E-state index contributed by atoms with van der Waals surface area (Å²) < 4.78 is 0. The molecule has 1 aliphatic rings. The average Bonchev–Trinajstić information content (AvgIpc) is 2.09. The summed E-state index contributed by atoms with van der Waals surface area (Å²) in [6, 6.07) is 0. The van der Waals surface area contributed by atoms with Crippen LogP contribution in [0, 0.1) is 0 Å². The Bertz CT molecular complexity index is 192. The molecule has 0 aliphatic carbocycles. The molecule has 2 atom stereocenters. The Kier molecular flexibility index (Phi) is 1.76. The van der Waals surface area contributed by atoms with Crippen LogP contribution in [0.5, 0.6) is 0 Å². The van der Waals surface area contributed by atoms with Gasteiger partial charge in [-0.15, -0.1) is 0 Å². The Morgan fingerprint density at radius 1 is 1.80 bits per heavy atom. The normalized spacial score (nSPS) is 36.6. The third kappa shape index (κ3) is 0.924. The lowest BCUT2D eigenvalue weighted by molar-refractivity contribution is -0.115. The molecule has 0 aromatic heterocycles. The smallest absolute Gasteiger partial charge is 0.266 e. The number of aliphatic hydroxyl groups is 1. The quantitative estimate of drug-likeness (QED) is 0.398. The van der Waals surface area contributed by atoms with Gasteiger partial charge in [0.25, 0.3) is 5.91 Å². The zero-order chi connectivity index (χ0) is 7.72. The summed E-state index contributed by atoms with van der Waals surface area (Å²) >= 11 is 0. The maximum Gasteiger partial charge on any atom is 0.266 e. The van der Waals surface area contributed by atoms with Gasteiger partial charge in [0, 0.05) is 12.9 Å². The number of nitrogens with one attached hydrogen (secondary N) is 1. The van der Waals surface area contributed by atoms with Crippen molar-refractivity contribution < 1.29 is 9.90 Å². The molecule has 0 aromatic rings. The lowest BCUT2D eigenvalue weighted by Crippen LogP contribution is -2.26. The third-order valence-corrected chi connectivity index (χ3v) is 1.41. The molecule has 2 radical (unpaired) electrons. The van der Waals surface area contributed by atoms with Gasteiger partial charge in [0.1, 0.15) is 6.23 Å². The van der Waals surface area contributed by atoms with Gasteiger partial charge in [-0.1, -0.05) is 0 Å². The summed E-state index contributed by atoms with van der Waals surface area (Å²) in [6.07, 6.45) is -0.980. The Hall–Kier alpha value is -0.835. The van der Waals surface area contributed by atoms with Crippen molar-refractivity contribution in [1.82, 2.24) is 5.32 Å². The van der Waals surface area contributed by atoms with Crippen LogP contribution in [0.25, 0.3) is 0 Å². The summed E-state index contributed by atoms with van der Waals surface area (Å²) in [6.45, 7) is 0. The van der Waals surface area contributed by atoms with Crippen molar-refractivity contribution in [2.45, 2.75) is 12.0 Å². The molecule has 0 spiro atoms. The molecular weight excluding hydrogens is 131 g/mol. The van der Waals surface area contributed by atoms with Crippen molar-refractivity contribution in [2.24, 2.45) is 4.99 Å². The molecule has 52 valence electrons. The highest BCUT2D eigenvalue weighted by Crippen LogP contribution is 2.13. The molecule has 1 aliphatic heterocycles. The van der Waals surface area contributed by atoms with Gasteiger partial charge in [-0.25, -0.2) is 0 Å². The molecular formula is C5H7BN2O2. The van der Waals surface area contributed by atoms with Crippen LogP contribution >= 0.6 is 0 Å². The Morgan fingerprint density at radius 3 is 2.60 bits per heavy atom. The van der Waals surface area contributed by atoms with Crippen molar-refractivity contribution in [2.75, 3.05) is 7.05 Å². The SMILES string of the molecule is [B]C1C(=NC)C(=O)NC1O. The maximum atomic E-state index is 10.7. The van der Waals surface area contributed by atoms with Gasteiger partial charge < -0.3 is 10.4 Å². The van der Waals surface area contributed by atoms with Crippen LogP contribution in [0.3, 0.4) is 0 Å². The van der Waals surface area contributed by atoms with Crippen LogP contribution in [0.4, 0.5) is 0 Å². The van der Waals surface area contributed by atoms with Crippen molar-refractivity contribution >= 4 is 19.5 Å². The van der Waals surface area contributed by atoms with E-state index in [0.717, 1.165) is 0 Å². The molecule has 1 heterocycles. The fourth-order valence-corrected chi connectivity index (χ4v) is 0.850. The number of hydrogen-bond donors (Lipinski definition) is 2. The summed E-state index contributed by atoms with van der Waals surface area (Å²) in [4.78, 5) is 14.4. The molecule has 5 heteroatoms. The largest absolute Gasteiger partial charge is 0.374 e. The summed E-state index contributed by atoms with van der Waals surface area (Å²) in [5, 5.41) is 11.2. The van der Waals surface area contributed by atoms with E-state index in [4.69, 9.17) is 13.0 Å². The van der Waals surface area contributed by atoms with Crippen LogP contribution < -0.4 is 5.32 Å². The van der Waals surface area contributed by atoms with Crippen molar-refractivity contribution in [3.05, 3.63) is 0 Å². The second-order valence-electron chi connectivity index (χ2n) is 2.05. The molecule has 1 amide bonds. The van der Waals surface area contributed by atoms with E-state index in [1.807, 2.05) is 0 Å². The number of hydrogen-bond acceptors (Lipinski definition) is 3. The van der Waals surface area contributed by atoms with Gasteiger partial charge in [-0.3, -0.25) is 9.79 Å². The van der Waals surface area contributed by atoms with Gasteiger partial charge in [0.2, 0.25) is 0 Å². The van der Waals surface area contributed by atoms with E-state index in [0.29, 0.717) is 0 Å². The lowest BCUT2D eigenvalue weighted by atomic mass is 9.84. The molecule has 0 saturated carbocycles. The van der Waals surface area contributed by atoms with E-state index in [2.05, 4.69) is 10.3 Å². The predicted octanol–water partition coefficient (Wildman–Crippen LogP) is -1.54. The molecule has 2 unspecified atom stereocenters. The number of aliphatic imine (C=N–C) groups is 1. The first-order chi connectivity index (χ1) is 4.66. The van der Waals surface area contributed by atoms with Crippen LogP contribution in [0.1, 0.15) is 0 Å². The molecule has 0 aromatic carbocycles. The minimum atomic E-state index is -0.980. The molecule has 1 fully saturated rings. The zero-order valence-corrected chi connectivity index (χ0v) is 5.53. The van der Waals surface area contributed by atoms with E-state index in [1.165, 1.54) is 7.05 Å². The number of nitrogens with zero attached hydrogens (tertiary/aromatic N) is 1. The van der Waals surface area contributed by atoms with E-state index in [1.54, 1.807) is 0 Å². The Balaban J connectivity index is 2.85. The van der Waals surface area contributed by atoms with Crippen LogP contribution in [-0.4, -0.2) is 37.8 Å². The first-order valence-corrected chi connectivity index (χ1v) is 2.88. The number of carbonyl (C=O) groups excluding carboxylic acids is 1. The Morgan fingerprint density at radius 2 is 2.40 bits per heavy atom. The predicted molar refractivity (Wildman–Crippen MR) is 37.0 cm³/mol. The molecule has 1 rings (SSSR count). The molecule has 2 N–H and O–H groups in total. The van der Waals surface area contributed by atoms with E-state index < -0.39 is 12.0 Å². The fourth-order valence-electron chi connectivity index (χ4n) is 0.850. The van der Waals surface area contributed by atoms with E-state index >= 15 is 0 Å². The fraction of sp³-hybridized carbons (Fsp3) is 0.600. The number of amides is 1. The third-order valence-electron chi connectivity index (χ3n) is 1.41. The first-order valence-electron chi connectivity index (χ1n) is 2.88. The monoisotopic (exact) mass is 138 g/mol. The van der Waals surface area contributed by atoms with Crippen molar-refractivity contribution in [3.8, 4) is 0 Å². The van der Waals surface area contributed by atoms with E-state index in [-0.39, 0.29) is 11.6 Å². The minimum Gasteiger partial charge on any atom is -0.374 e. The van der Waals surface area contributed by atoms with Crippen molar-refractivity contribution in [3.63, 3.8) is 0 Å². The van der Waals surface area contributed by atoms with Crippen LogP contribution in [-0.2, 0) is 4.79 Å². The minimum absolute atomic E-state index is 0.201. The summed E-state index contributed by atoms with van der Waals surface area (Å²) in [5.74, 6) is -1.07. The topological polar surface area (TPSA) is 61.7 Å².